The summed E-state index contributed by atoms with van der Waals surface area (Å²) >= 11 is 0. The van der Waals surface area contributed by atoms with Gasteiger partial charge in [0.1, 0.15) is 11.3 Å². The maximum Gasteiger partial charge on any atom is 0.256 e. The number of nitrogens with zero attached hydrogens (tertiary/aromatic N) is 1. The maximum absolute atomic E-state index is 12.6. The molecule has 0 spiro atoms. The van der Waals surface area contributed by atoms with Crippen molar-refractivity contribution in [1.82, 2.24) is 10.3 Å². The van der Waals surface area contributed by atoms with Gasteiger partial charge in [-0.15, -0.1) is 0 Å². The third-order valence-corrected chi connectivity index (χ3v) is 4.95. The number of pyridine rings is 1. The van der Waals surface area contributed by atoms with Crippen LogP contribution in [0.25, 0.3) is 0 Å². The van der Waals surface area contributed by atoms with Crippen LogP contribution in [0.2, 0.25) is 0 Å². The van der Waals surface area contributed by atoms with Crippen molar-refractivity contribution in [2.45, 2.75) is 44.8 Å². The SMILES string of the molecule is CCOc1ncccc1C(=O)NC1CCC(Oc2ccc3c(c2)OCO3)CC1. The summed E-state index contributed by atoms with van der Waals surface area (Å²) in [4.78, 5) is 16.7. The topological polar surface area (TPSA) is 78.9 Å². The van der Waals surface area contributed by atoms with Gasteiger partial charge in [-0.25, -0.2) is 4.98 Å². The molecule has 1 aliphatic carbocycles. The number of ether oxygens (including phenoxy) is 4. The summed E-state index contributed by atoms with van der Waals surface area (Å²) in [5.41, 5.74) is 0.475. The average Bonchev–Trinajstić information content (AvgIpc) is 3.18. The van der Waals surface area contributed by atoms with Gasteiger partial charge in [-0.3, -0.25) is 4.79 Å². The van der Waals surface area contributed by atoms with Crippen LogP contribution >= 0.6 is 0 Å². The first-order valence-electron chi connectivity index (χ1n) is 9.68. The Morgan fingerprint density at radius 2 is 2.00 bits per heavy atom. The molecule has 1 fully saturated rings. The van der Waals surface area contributed by atoms with Crippen LogP contribution in [0.4, 0.5) is 0 Å². The molecule has 4 rings (SSSR count). The Labute approximate surface area is 164 Å². The molecule has 0 saturated heterocycles. The van der Waals surface area contributed by atoms with E-state index >= 15 is 0 Å². The lowest BCUT2D eigenvalue weighted by atomic mass is 9.92. The Morgan fingerprint density at radius 1 is 1.18 bits per heavy atom. The number of benzene rings is 1. The molecule has 0 radical (unpaired) electrons. The highest BCUT2D eigenvalue weighted by molar-refractivity contribution is 5.96. The first-order valence-corrected chi connectivity index (χ1v) is 9.68. The van der Waals surface area contributed by atoms with Crippen molar-refractivity contribution >= 4 is 5.91 Å². The number of carbonyl (C=O) groups excluding carboxylic acids is 1. The normalized spacial score (nSPS) is 20.5. The van der Waals surface area contributed by atoms with Crippen molar-refractivity contribution in [1.29, 1.82) is 0 Å². The van der Waals surface area contributed by atoms with Crippen molar-refractivity contribution in [2.75, 3.05) is 13.4 Å². The van der Waals surface area contributed by atoms with E-state index in [9.17, 15) is 4.79 Å². The van der Waals surface area contributed by atoms with Crippen molar-refractivity contribution in [2.24, 2.45) is 0 Å². The fourth-order valence-electron chi connectivity index (χ4n) is 3.55. The minimum Gasteiger partial charge on any atom is -0.490 e. The smallest absolute Gasteiger partial charge is 0.256 e. The Balaban J connectivity index is 1.29. The molecule has 0 unspecified atom stereocenters. The first-order chi connectivity index (χ1) is 13.7. The van der Waals surface area contributed by atoms with E-state index in [0.29, 0.717) is 18.1 Å². The summed E-state index contributed by atoms with van der Waals surface area (Å²) in [5.74, 6) is 2.49. The highest BCUT2D eigenvalue weighted by Crippen LogP contribution is 2.36. The summed E-state index contributed by atoms with van der Waals surface area (Å²) in [6, 6.07) is 9.24. The van der Waals surface area contributed by atoms with Crippen molar-refractivity contribution in [3.8, 4) is 23.1 Å². The molecular formula is C21H24N2O5. The number of hydrogen-bond acceptors (Lipinski definition) is 6. The molecule has 2 aromatic rings. The molecule has 0 atom stereocenters. The largest absolute Gasteiger partial charge is 0.490 e. The van der Waals surface area contributed by atoms with Gasteiger partial charge in [0.2, 0.25) is 12.7 Å². The molecule has 28 heavy (non-hydrogen) atoms. The van der Waals surface area contributed by atoms with E-state index in [1.54, 1.807) is 18.3 Å². The van der Waals surface area contributed by atoms with Gasteiger partial charge in [-0.2, -0.15) is 0 Å². The highest BCUT2D eigenvalue weighted by Gasteiger charge is 2.25. The van der Waals surface area contributed by atoms with Crippen LogP contribution in [-0.4, -0.2) is 36.4 Å². The van der Waals surface area contributed by atoms with E-state index in [1.165, 1.54) is 0 Å². The number of amides is 1. The Hall–Kier alpha value is -2.96. The number of fused-ring (bicyclic) bond motifs is 1. The molecule has 1 aliphatic heterocycles. The molecule has 2 heterocycles. The molecule has 0 bridgehead atoms. The van der Waals surface area contributed by atoms with Gasteiger partial charge >= 0.3 is 0 Å². The highest BCUT2D eigenvalue weighted by atomic mass is 16.7. The van der Waals surface area contributed by atoms with Crippen molar-refractivity contribution < 1.29 is 23.7 Å². The van der Waals surface area contributed by atoms with Gasteiger partial charge in [-0.1, -0.05) is 0 Å². The number of nitrogens with one attached hydrogen (secondary N) is 1. The number of aromatic nitrogens is 1. The van der Waals surface area contributed by atoms with Crippen LogP contribution in [-0.2, 0) is 0 Å². The lowest BCUT2D eigenvalue weighted by molar-refractivity contribution is 0.0889. The van der Waals surface area contributed by atoms with E-state index in [1.807, 2.05) is 25.1 Å². The van der Waals surface area contributed by atoms with E-state index in [-0.39, 0.29) is 24.8 Å². The summed E-state index contributed by atoms with van der Waals surface area (Å²) < 4.78 is 22.3. The predicted octanol–water partition coefficient (Wildman–Crippen LogP) is 3.33. The van der Waals surface area contributed by atoms with Crippen LogP contribution in [0.15, 0.2) is 36.5 Å². The zero-order valence-corrected chi connectivity index (χ0v) is 15.8. The second-order valence-electron chi connectivity index (χ2n) is 6.87. The minimum absolute atomic E-state index is 0.124. The molecular weight excluding hydrogens is 360 g/mol. The molecule has 7 heteroatoms. The zero-order valence-electron chi connectivity index (χ0n) is 15.8. The van der Waals surface area contributed by atoms with Crippen LogP contribution in [0.5, 0.6) is 23.1 Å². The van der Waals surface area contributed by atoms with Gasteiger partial charge in [0.25, 0.3) is 5.91 Å². The van der Waals surface area contributed by atoms with Crippen LogP contribution < -0.4 is 24.3 Å². The molecule has 1 aromatic carbocycles. The molecule has 2 aliphatic rings. The molecule has 1 amide bonds. The van der Waals surface area contributed by atoms with Gasteiger partial charge in [-0.05, 0) is 56.9 Å². The fraction of sp³-hybridized carbons (Fsp3) is 0.429. The predicted molar refractivity (Wildman–Crippen MR) is 102 cm³/mol. The first kappa shape index (κ1) is 18.4. The second kappa shape index (κ2) is 8.37. The standard InChI is InChI=1S/C21H24N2O5/c1-2-25-21-17(4-3-11-22-21)20(24)23-14-5-7-15(8-6-14)28-16-9-10-18-19(12-16)27-13-26-18/h3-4,9-12,14-15H,2,5-8,13H2,1H3,(H,23,24). The average molecular weight is 384 g/mol. The summed E-state index contributed by atoms with van der Waals surface area (Å²) in [7, 11) is 0. The third kappa shape index (κ3) is 4.13. The molecule has 1 N–H and O–H groups in total. The molecule has 148 valence electrons. The van der Waals surface area contributed by atoms with Gasteiger partial charge in [0.05, 0.1) is 12.7 Å². The number of carbonyl (C=O) groups is 1. The summed E-state index contributed by atoms with van der Waals surface area (Å²) in [6.45, 7) is 2.60. The van der Waals surface area contributed by atoms with Gasteiger partial charge < -0.3 is 24.3 Å². The van der Waals surface area contributed by atoms with Gasteiger partial charge in [0, 0.05) is 18.3 Å². The van der Waals surface area contributed by atoms with Crippen LogP contribution in [0, 0.1) is 0 Å². The number of rotatable bonds is 6. The van der Waals surface area contributed by atoms with Crippen molar-refractivity contribution in [3.63, 3.8) is 0 Å². The monoisotopic (exact) mass is 384 g/mol. The Bertz CT molecular complexity index is 833. The molecule has 7 nitrogen and oxygen atoms in total. The number of hydrogen-bond donors (Lipinski definition) is 1. The van der Waals surface area contributed by atoms with E-state index in [2.05, 4.69) is 10.3 Å². The summed E-state index contributed by atoms with van der Waals surface area (Å²) in [5, 5.41) is 3.10. The van der Waals surface area contributed by atoms with E-state index < -0.39 is 0 Å². The second-order valence-corrected chi connectivity index (χ2v) is 6.87. The zero-order chi connectivity index (χ0) is 19.3. The third-order valence-electron chi connectivity index (χ3n) is 4.95. The summed E-state index contributed by atoms with van der Waals surface area (Å²) in [6.07, 6.45) is 5.25. The maximum atomic E-state index is 12.6. The van der Waals surface area contributed by atoms with Crippen LogP contribution in [0.3, 0.4) is 0 Å². The lowest BCUT2D eigenvalue weighted by Gasteiger charge is -2.29. The molecule has 1 aromatic heterocycles. The Morgan fingerprint density at radius 3 is 2.82 bits per heavy atom. The Kier molecular flexibility index (Phi) is 5.50. The minimum atomic E-state index is -0.142. The molecule has 1 saturated carbocycles. The van der Waals surface area contributed by atoms with Crippen LogP contribution in [0.1, 0.15) is 43.0 Å². The lowest BCUT2D eigenvalue weighted by Crippen LogP contribution is -2.39. The van der Waals surface area contributed by atoms with E-state index in [0.717, 1.165) is 42.9 Å². The van der Waals surface area contributed by atoms with Crippen molar-refractivity contribution in [3.05, 3.63) is 42.1 Å². The quantitative estimate of drug-likeness (QED) is 0.823. The van der Waals surface area contributed by atoms with E-state index in [4.69, 9.17) is 18.9 Å². The fourth-order valence-corrected chi connectivity index (χ4v) is 3.55. The van der Waals surface area contributed by atoms with Gasteiger partial charge in [0.15, 0.2) is 11.5 Å².